The first kappa shape index (κ1) is 22.6. The Bertz CT molecular complexity index is 751. The number of rotatable bonds is 8. The Morgan fingerprint density at radius 3 is 2.41 bits per heavy atom. The SMILES string of the molecule is CCCCC[N+](C)(C)CCCN1c2ccccc2Sc2ccc(Cl)cc21.[Br-]. The first-order valence-corrected chi connectivity index (χ1v) is 10.9. The summed E-state index contributed by atoms with van der Waals surface area (Å²) in [6.45, 7) is 5.77. The lowest BCUT2D eigenvalue weighted by atomic mass is 10.2. The summed E-state index contributed by atoms with van der Waals surface area (Å²) in [5, 5.41) is 0.810. The van der Waals surface area contributed by atoms with Crippen LogP contribution in [0.25, 0.3) is 0 Å². The lowest BCUT2D eigenvalue weighted by Crippen LogP contribution is -3.00. The van der Waals surface area contributed by atoms with Crippen molar-refractivity contribution in [1.29, 1.82) is 0 Å². The van der Waals surface area contributed by atoms with Crippen LogP contribution in [0.15, 0.2) is 52.3 Å². The number of fused-ring (bicyclic) bond motifs is 2. The van der Waals surface area contributed by atoms with E-state index in [2.05, 4.69) is 62.3 Å². The minimum atomic E-state index is 0. The molecule has 0 saturated heterocycles. The van der Waals surface area contributed by atoms with Crippen molar-refractivity contribution in [3.8, 4) is 0 Å². The number of nitrogens with zero attached hydrogens (tertiary/aromatic N) is 2. The van der Waals surface area contributed by atoms with Crippen molar-refractivity contribution in [2.24, 2.45) is 0 Å². The largest absolute Gasteiger partial charge is 1.00 e. The highest BCUT2D eigenvalue weighted by molar-refractivity contribution is 7.99. The average molecular weight is 470 g/mol. The molecule has 0 saturated carbocycles. The van der Waals surface area contributed by atoms with E-state index in [9.17, 15) is 0 Å². The van der Waals surface area contributed by atoms with Gasteiger partial charge >= 0.3 is 0 Å². The van der Waals surface area contributed by atoms with Gasteiger partial charge in [0.1, 0.15) is 0 Å². The summed E-state index contributed by atoms with van der Waals surface area (Å²) in [6.07, 6.45) is 5.12. The maximum Gasteiger partial charge on any atom is 0.0799 e. The topological polar surface area (TPSA) is 3.24 Å². The summed E-state index contributed by atoms with van der Waals surface area (Å²) < 4.78 is 1.10. The monoisotopic (exact) mass is 468 g/mol. The molecule has 1 aliphatic heterocycles. The summed E-state index contributed by atoms with van der Waals surface area (Å²) in [6, 6.07) is 15.0. The van der Waals surface area contributed by atoms with E-state index in [1.54, 1.807) is 0 Å². The van der Waals surface area contributed by atoms with Crippen LogP contribution in [0.2, 0.25) is 5.02 Å². The van der Waals surface area contributed by atoms with Gasteiger partial charge in [-0.25, -0.2) is 0 Å². The second kappa shape index (κ2) is 10.2. The normalized spacial score (nSPS) is 13.0. The zero-order valence-electron chi connectivity index (χ0n) is 16.5. The predicted octanol–water partition coefficient (Wildman–Crippen LogP) is 3.60. The highest BCUT2D eigenvalue weighted by atomic mass is 79.9. The molecule has 0 aromatic heterocycles. The minimum Gasteiger partial charge on any atom is -1.00 e. The molecule has 0 radical (unpaired) electrons. The van der Waals surface area contributed by atoms with Crippen LogP contribution < -0.4 is 21.9 Å². The molecule has 2 nitrogen and oxygen atoms in total. The maximum atomic E-state index is 6.31. The van der Waals surface area contributed by atoms with E-state index in [4.69, 9.17) is 11.6 Å². The van der Waals surface area contributed by atoms with Crippen LogP contribution in [0, 0.1) is 0 Å². The van der Waals surface area contributed by atoms with Gasteiger partial charge in [-0.3, -0.25) is 0 Å². The van der Waals surface area contributed by atoms with Crippen LogP contribution in [-0.2, 0) is 0 Å². The molecule has 0 aliphatic carbocycles. The quantitative estimate of drug-likeness (QED) is 0.429. The fraction of sp³-hybridized carbons (Fsp3) is 0.455. The van der Waals surface area contributed by atoms with Crippen molar-refractivity contribution in [2.75, 3.05) is 38.6 Å². The molecule has 5 heteroatoms. The molecule has 27 heavy (non-hydrogen) atoms. The Labute approximate surface area is 184 Å². The van der Waals surface area contributed by atoms with Crippen LogP contribution in [0.5, 0.6) is 0 Å². The zero-order chi connectivity index (χ0) is 18.6. The van der Waals surface area contributed by atoms with Crippen molar-refractivity contribution in [3.05, 3.63) is 47.5 Å². The lowest BCUT2D eigenvalue weighted by Gasteiger charge is -2.35. The van der Waals surface area contributed by atoms with Gasteiger partial charge in [0.25, 0.3) is 0 Å². The molecule has 148 valence electrons. The van der Waals surface area contributed by atoms with Crippen molar-refractivity contribution in [3.63, 3.8) is 0 Å². The fourth-order valence-electron chi connectivity index (χ4n) is 3.60. The number of anilines is 2. The molecule has 3 rings (SSSR count). The minimum absolute atomic E-state index is 0. The second-order valence-electron chi connectivity index (χ2n) is 7.78. The van der Waals surface area contributed by atoms with E-state index in [0.717, 1.165) is 16.1 Å². The highest BCUT2D eigenvalue weighted by Gasteiger charge is 2.24. The summed E-state index contributed by atoms with van der Waals surface area (Å²) in [5.41, 5.74) is 2.56. The number of para-hydroxylation sites is 1. The van der Waals surface area contributed by atoms with E-state index >= 15 is 0 Å². The third-order valence-corrected chi connectivity index (χ3v) is 6.47. The molecule has 2 aromatic rings. The van der Waals surface area contributed by atoms with E-state index in [1.807, 2.05) is 17.8 Å². The number of hydrogen-bond acceptors (Lipinski definition) is 2. The van der Waals surface area contributed by atoms with Crippen molar-refractivity contribution in [1.82, 2.24) is 0 Å². The van der Waals surface area contributed by atoms with Gasteiger partial charge < -0.3 is 26.4 Å². The molecule has 0 amide bonds. The number of unbranched alkanes of at least 4 members (excludes halogenated alkanes) is 2. The van der Waals surface area contributed by atoms with Gasteiger partial charge in [0.15, 0.2) is 0 Å². The van der Waals surface area contributed by atoms with Crippen LogP contribution in [0.3, 0.4) is 0 Å². The Morgan fingerprint density at radius 1 is 0.926 bits per heavy atom. The lowest BCUT2D eigenvalue weighted by molar-refractivity contribution is -0.890. The summed E-state index contributed by atoms with van der Waals surface area (Å²) in [7, 11) is 4.72. The van der Waals surface area contributed by atoms with E-state index < -0.39 is 0 Å². The molecule has 0 spiro atoms. The number of quaternary nitrogens is 1. The van der Waals surface area contributed by atoms with Gasteiger partial charge in [-0.1, -0.05) is 48.8 Å². The van der Waals surface area contributed by atoms with Gasteiger partial charge in [0, 0.05) is 27.8 Å². The summed E-state index contributed by atoms with van der Waals surface area (Å²) in [5.74, 6) is 0. The van der Waals surface area contributed by atoms with Crippen molar-refractivity contribution in [2.45, 2.75) is 42.4 Å². The summed E-state index contributed by atoms with van der Waals surface area (Å²) >= 11 is 8.15. The van der Waals surface area contributed by atoms with Gasteiger partial charge in [0.2, 0.25) is 0 Å². The molecule has 2 aromatic carbocycles. The average Bonchev–Trinajstić information content (AvgIpc) is 2.61. The molecule has 0 atom stereocenters. The van der Waals surface area contributed by atoms with Crippen LogP contribution in [0.1, 0.15) is 32.6 Å². The number of hydrogen-bond donors (Lipinski definition) is 0. The van der Waals surface area contributed by atoms with Crippen molar-refractivity contribution < 1.29 is 21.5 Å². The Hall–Kier alpha value is -0.680. The highest BCUT2D eigenvalue weighted by Crippen LogP contribution is 2.48. The zero-order valence-corrected chi connectivity index (χ0v) is 19.7. The fourth-order valence-corrected chi connectivity index (χ4v) is 4.84. The Kier molecular flexibility index (Phi) is 8.54. The molecular weight excluding hydrogens is 440 g/mol. The second-order valence-corrected chi connectivity index (χ2v) is 9.30. The molecular formula is C22H30BrClN2S. The molecule has 0 bridgehead atoms. The number of benzene rings is 2. The van der Waals surface area contributed by atoms with Gasteiger partial charge in [0.05, 0.1) is 38.6 Å². The van der Waals surface area contributed by atoms with Crippen molar-refractivity contribution >= 4 is 34.7 Å². The van der Waals surface area contributed by atoms with Gasteiger partial charge in [-0.2, -0.15) is 0 Å². The van der Waals surface area contributed by atoms with Crippen LogP contribution >= 0.6 is 23.4 Å². The van der Waals surface area contributed by atoms with Gasteiger partial charge in [-0.15, -0.1) is 0 Å². The first-order valence-electron chi connectivity index (χ1n) is 9.66. The standard InChI is InChI=1S/C22H30ClN2S.BrH/c1-4-5-8-15-25(2,3)16-9-14-24-19-10-6-7-11-21(19)26-22-13-12-18(23)17-20(22)24;/h6-7,10-13,17H,4-5,8-9,14-16H2,1-3H3;1H/q+1;/p-1. The third kappa shape index (κ3) is 5.90. The smallest absolute Gasteiger partial charge is 0.0799 e. The van der Waals surface area contributed by atoms with E-state index in [-0.39, 0.29) is 17.0 Å². The van der Waals surface area contributed by atoms with Crippen LogP contribution in [-0.4, -0.2) is 38.2 Å². The Morgan fingerprint density at radius 2 is 1.63 bits per heavy atom. The first-order chi connectivity index (χ1) is 12.5. The maximum absolute atomic E-state index is 6.31. The third-order valence-electron chi connectivity index (χ3n) is 5.10. The van der Waals surface area contributed by atoms with E-state index in [1.165, 1.54) is 59.9 Å². The molecule has 1 aliphatic rings. The van der Waals surface area contributed by atoms with Crippen LogP contribution in [0.4, 0.5) is 11.4 Å². The molecule has 1 heterocycles. The van der Waals surface area contributed by atoms with Gasteiger partial charge in [-0.05, 0) is 43.2 Å². The summed E-state index contributed by atoms with van der Waals surface area (Å²) in [4.78, 5) is 5.09. The number of halogens is 2. The molecule has 0 fully saturated rings. The Balaban J connectivity index is 0.00000261. The molecule has 0 N–H and O–H groups in total. The predicted molar refractivity (Wildman–Crippen MR) is 115 cm³/mol. The molecule has 0 unspecified atom stereocenters. The van der Waals surface area contributed by atoms with E-state index in [0.29, 0.717) is 0 Å².